The predicted molar refractivity (Wildman–Crippen MR) is 133 cm³/mol. The molecule has 2 fully saturated rings. The van der Waals surface area contributed by atoms with Gasteiger partial charge in [-0.05, 0) is 51.1 Å². The highest BCUT2D eigenvalue weighted by Crippen LogP contribution is 2.26. The van der Waals surface area contributed by atoms with E-state index in [4.69, 9.17) is 0 Å². The summed E-state index contributed by atoms with van der Waals surface area (Å²) in [6, 6.07) is 9.77. The summed E-state index contributed by atoms with van der Waals surface area (Å²) >= 11 is 0. The second-order valence-electron chi connectivity index (χ2n) is 8.98. The van der Waals surface area contributed by atoms with Gasteiger partial charge in [-0.1, -0.05) is 0 Å². The number of piperazine rings is 1. The average Bonchev–Trinajstić information content (AvgIpc) is 3.38. The summed E-state index contributed by atoms with van der Waals surface area (Å²) in [6.07, 6.45) is 0.357. The molecule has 0 aliphatic carbocycles. The number of aryl methyl sites for hydroxylation is 3. The van der Waals surface area contributed by atoms with Crippen molar-refractivity contribution in [2.45, 2.75) is 38.5 Å². The van der Waals surface area contributed by atoms with Crippen LogP contribution in [0, 0.1) is 20.8 Å². The normalized spacial score (nSPS) is 17.3. The van der Waals surface area contributed by atoms with E-state index in [1.54, 1.807) is 4.68 Å². The standard InChI is InChI=1S/C24H27N7O4S/c1-16-14-17(2)31(27-16)22-15-21(25-18(3)26-22)28-10-12-29(13-11-28)36(34,35)20-6-4-19(5-7-20)30-23(32)8-9-24(30)33/h4-7,14-15H,8-13H2,1-3H3. The first kappa shape index (κ1) is 24.1. The van der Waals surface area contributed by atoms with E-state index in [0.29, 0.717) is 43.5 Å². The summed E-state index contributed by atoms with van der Waals surface area (Å²) < 4.78 is 29.7. The zero-order chi connectivity index (χ0) is 25.6. The van der Waals surface area contributed by atoms with Crippen LogP contribution in [-0.4, -0.2) is 70.5 Å². The summed E-state index contributed by atoms with van der Waals surface area (Å²) in [5.41, 5.74) is 2.26. The van der Waals surface area contributed by atoms with E-state index in [9.17, 15) is 18.0 Å². The topological polar surface area (TPSA) is 122 Å². The highest BCUT2D eigenvalue weighted by molar-refractivity contribution is 7.89. The zero-order valence-electron chi connectivity index (χ0n) is 20.4. The molecule has 2 saturated heterocycles. The number of amides is 2. The van der Waals surface area contributed by atoms with E-state index >= 15 is 0 Å². The van der Waals surface area contributed by atoms with Gasteiger partial charge in [-0.25, -0.2) is 23.1 Å². The molecule has 0 radical (unpaired) electrons. The SMILES string of the molecule is Cc1cc(C)n(-c2cc(N3CCN(S(=O)(=O)c4ccc(N5C(=O)CCC5=O)cc4)CC3)nc(C)n2)n1. The smallest absolute Gasteiger partial charge is 0.243 e. The molecule has 3 aromatic rings. The van der Waals surface area contributed by atoms with Gasteiger partial charge in [0, 0.05) is 50.8 Å². The summed E-state index contributed by atoms with van der Waals surface area (Å²) in [5, 5.41) is 4.51. The number of hydrogen-bond donors (Lipinski definition) is 0. The van der Waals surface area contributed by atoms with Gasteiger partial charge in [0.2, 0.25) is 21.8 Å². The van der Waals surface area contributed by atoms with Gasteiger partial charge in [0.05, 0.1) is 16.3 Å². The van der Waals surface area contributed by atoms with Crippen molar-refractivity contribution < 1.29 is 18.0 Å². The van der Waals surface area contributed by atoms with E-state index in [1.165, 1.54) is 28.6 Å². The monoisotopic (exact) mass is 509 g/mol. The van der Waals surface area contributed by atoms with Gasteiger partial charge in [0.25, 0.3) is 0 Å². The first-order valence-electron chi connectivity index (χ1n) is 11.7. The van der Waals surface area contributed by atoms with Crippen molar-refractivity contribution >= 4 is 33.3 Å². The zero-order valence-corrected chi connectivity index (χ0v) is 21.2. The lowest BCUT2D eigenvalue weighted by atomic mass is 10.3. The predicted octanol–water partition coefficient (Wildman–Crippen LogP) is 1.75. The Bertz CT molecular complexity index is 1430. The number of rotatable bonds is 5. The van der Waals surface area contributed by atoms with Crippen LogP contribution in [0.15, 0.2) is 41.3 Å². The first-order chi connectivity index (χ1) is 17.1. The summed E-state index contributed by atoms with van der Waals surface area (Å²) in [4.78, 5) is 36.3. The molecule has 188 valence electrons. The Balaban J connectivity index is 1.30. The second kappa shape index (κ2) is 9.10. The third-order valence-corrected chi connectivity index (χ3v) is 8.30. The second-order valence-corrected chi connectivity index (χ2v) is 10.9. The number of nitrogens with zero attached hydrogens (tertiary/aromatic N) is 7. The van der Waals surface area contributed by atoms with E-state index in [0.717, 1.165) is 22.1 Å². The number of imide groups is 1. The van der Waals surface area contributed by atoms with Gasteiger partial charge >= 0.3 is 0 Å². The van der Waals surface area contributed by atoms with Gasteiger partial charge in [-0.2, -0.15) is 9.40 Å². The van der Waals surface area contributed by atoms with E-state index < -0.39 is 10.0 Å². The minimum atomic E-state index is -3.73. The molecule has 36 heavy (non-hydrogen) atoms. The maximum absolute atomic E-state index is 13.2. The molecule has 0 N–H and O–H groups in total. The van der Waals surface area contributed by atoms with Crippen molar-refractivity contribution in [1.29, 1.82) is 0 Å². The molecule has 4 heterocycles. The number of anilines is 2. The minimum Gasteiger partial charge on any atom is -0.354 e. The molecule has 0 bridgehead atoms. The van der Waals surface area contributed by atoms with E-state index in [2.05, 4.69) is 15.1 Å². The molecule has 2 aliphatic rings. The van der Waals surface area contributed by atoms with Crippen LogP contribution in [0.4, 0.5) is 11.5 Å². The fourth-order valence-corrected chi connectivity index (χ4v) is 6.03. The number of sulfonamides is 1. The fraction of sp³-hybridized carbons (Fsp3) is 0.375. The summed E-state index contributed by atoms with van der Waals surface area (Å²) in [6.45, 7) is 7.26. The largest absolute Gasteiger partial charge is 0.354 e. The molecule has 0 atom stereocenters. The highest BCUT2D eigenvalue weighted by Gasteiger charge is 2.32. The van der Waals surface area contributed by atoms with Gasteiger partial charge in [0.1, 0.15) is 11.6 Å². The summed E-state index contributed by atoms with van der Waals surface area (Å²) in [7, 11) is -3.73. The molecule has 0 spiro atoms. The van der Waals surface area contributed by atoms with Crippen molar-refractivity contribution in [3.8, 4) is 5.82 Å². The molecule has 5 rings (SSSR count). The molecule has 12 heteroatoms. The van der Waals surface area contributed by atoms with Crippen LogP contribution < -0.4 is 9.80 Å². The summed E-state index contributed by atoms with van der Waals surface area (Å²) in [5.74, 6) is 1.47. The van der Waals surface area contributed by atoms with Crippen molar-refractivity contribution in [1.82, 2.24) is 24.1 Å². The van der Waals surface area contributed by atoms with E-state index in [1.807, 2.05) is 37.8 Å². The van der Waals surface area contributed by atoms with Crippen molar-refractivity contribution in [3.63, 3.8) is 0 Å². The number of hydrogen-bond acceptors (Lipinski definition) is 8. The van der Waals surface area contributed by atoms with Crippen LogP contribution >= 0.6 is 0 Å². The van der Waals surface area contributed by atoms with Gasteiger partial charge in [-0.3, -0.25) is 14.5 Å². The molecular formula is C24H27N7O4S. The Kier molecular flexibility index (Phi) is 6.08. The Morgan fingerprint density at radius 1 is 0.806 bits per heavy atom. The van der Waals surface area contributed by atoms with Crippen molar-refractivity contribution in [2.75, 3.05) is 36.0 Å². The maximum Gasteiger partial charge on any atom is 0.243 e. The minimum absolute atomic E-state index is 0.128. The molecule has 2 aliphatic heterocycles. The Morgan fingerprint density at radius 2 is 1.42 bits per heavy atom. The quantitative estimate of drug-likeness (QED) is 0.477. The third-order valence-electron chi connectivity index (χ3n) is 6.38. The molecule has 0 unspecified atom stereocenters. The highest BCUT2D eigenvalue weighted by atomic mass is 32.2. The number of carbonyl (C=O) groups is 2. The van der Waals surface area contributed by atoms with Crippen molar-refractivity contribution in [2.24, 2.45) is 0 Å². The van der Waals surface area contributed by atoms with Crippen LogP contribution in [-0.2, 0) is 19.6 Å². The van der Waals surface area contributed by atoms with Crippen molar-refractivity contribution in [3.05, 3.63) is 53.6 Å². The fourth-order valence-electron chi connectivity index (χ4n) is 4.61. The van der Waals surface area contributed by atoms with Crippen LogP contribution in [0.25, 0.3) is 5.82 Å². The molecule has 0 saturated carbocycles. The lowest BCUT2D eigenvalue weighted by molar-refractivity contribution is -0.121. The molecule has 11 nitrogen and oxygen atoms in total. The maximum atomic E-state index is 13.2. The van der Waals surface area contributed by atoms with Crippen LogP contribution in [0.2, 0.25) is 0 Å². The van der Waals surface area contributed by atoms with Crippen LogP contribution in [0.3, 0.4) is 0 Å². The third kappa shape index (κ3) is 4.37. The lowest BCUT2D eigenvalue weighted by Gasteiger charge is -2.34. The van der Waals surface area contributed by atoms with Gasteiger partial charge < -0.3 is 4.90 Å². The molecular weight excluding hydrogens is 482 g/mol. The van der Waals surface area contributed by atoms with E-state index in [-0.39, 0.29) is 29.6 Å². The average molecular weight is 510 g/mol. The Labute approximate surface area is 209 Å². The Hall–Kier alpha value is -3.64. The lowest BCUT2D eigenvalue weighted by Crippen LogP contribution is -2.49. The molecule has 1 aromatic carbocycles. The Morgan fingerprint density at radius 3 is 2.00 bits per heavy atom. The van der Waals surface area contributed by atoms with Crippen LogP contribution in [0.1, 0.15) is 30.1 Å². The molecule has 2 aromatic heterocycles. The van der Waals surface area contributed by atoms with Gasteiger partial charge in [-0.15, -0.1) is 0 Å². The number of benzene rings is 1. The number of aromatic nitrogens is 4. The van der Waals surface area contributed by atoms with Crippen LogP contribution in [0.5, 0.6) is 0 Å². The molecule has 2 amide bonds. The first-order valence-corrected chi connectivity index (χ1v) is 13.2. The van der Waals surface area contributed by atoms with Gasteiger partial charge in [0.15, 0.2) is 5.82 Å². The number of carbonyl (C=O) groups excluding carboxylic acids is 2.